The van der Waals surface area contributed by atoms with Crippen molar-refractivity contribution in [1.82, 2.24) is 0 Å². The van der Waals surface area contributed by atoms with Crippen molar-refractivity contribution >= 4 is 33.5 Å². The molecule has 0 aliphatic carbocycles. The van der Waals surface area contributed by atoms with Gasteiger partial charge in [0.1, 0.15) is 18.8 Å². The van der Waals surface area contributed by atoms with Crippen LogP contribution < -0.4 is 0 Å². The second kappa shape index (κ2) is 12.6. The van der Waals surface area contributed by atoms with Gasteiger partial charge in [0.25, 0.3) is 0 Å². The van der Waals surface area contributed by atoms with Crippen LogP contribution in [0, 0.1) is 13.8 Å². The highest BCUT2D eigenvalue weighted by atomic mass is 16.6. The molecular weight excluding hydrogens is 572 g/mol. The van der Waals surface area contributed by atoms with E-state index in [-0.39, 0.29) is 12.7 Å². The van der Waals surface area contributed by atoms with Crippen molar-refractivity contribution in [3.63, 3.8) is 0 Å². The number of esters is 2. The number of carbonyl (C=O) groups is 2. The Morgan fingerprint density at radius 2 is 1.22 bits per heavy atom. The summed E-state index contributed by atoms with van der Waals surface area (Å²) in [5.74, 6) is -0.874. The zero-order valence-electron chi connectivity index (χ0n) is 25.8. The molecule has 7 rings (SSSR count). The van der Waals surface area contributed by atoms with Gasteiger partial charge in [0.2, 0.25) is 0 Å². The number of hydrogen-bond acceptors (Lipinski definition) is 5. The third-order valence-electron chi connectivity index (χ3n) is 8.80. The predicted molar refractivity (Wildman–Crippen MR) is 181 cm³/mol. The van der Waals surface area contributed by atoms with Gasteiger partial charge in [0.05, 0.1) is 17.2 Å². The molecule has 228 valence electrons. The van der Waals surface area contributed by atoms with E-state index in [1.54, 1.807) is 24.3 Å². The van der Waals surface area contributed by atoms with E-state index in [4.69, 9.17) is 14.2 Å². The minimum Gasteiger partial charge on any atom is -0.459 e. The van der Waals surface area contributed by atoms with E-state index in [2.05, 4.69) is 72.8 Å². The molecule has 1 heterocycles. The summed E-state index contributed by atoms with van der Waals surface area (Å²) in [5.41, 5.74) is 6.35. The number of carbonyl (C=O) groups excluding carboxylic acids is 2. The fourth-order valence-corrected chi connectivity index (χ4v) is 6.31. The lowest BCUT2D eigenvalue weighted by molar-refractivity contribution is -0.0425. The van der Waals surface area contributed by atoms with Gasteiger partial charge in [-0.1, -0.05) is 114 Å². The minimum absolute atomic E-state index is 0.0406. The summed E-state index contributed by atoms with van der Waals surface area (Å²) >= 11 is 0. The zero-order valence-corrected chi connectivity index (χ0v) is 25.8. The quantitative estimate of drug-likeness (QED) is 0.170. The lowest BCUT2D eigenvalue weighted by Gasteiger charge is -2.19. The highest BCUT2D eigenvalue weighted by Crippen LogP contribution is 2.42. The molecule has 3 atom stereocenters. The second-order valence-electron chi connectivity index (χ2n) is 11.9. The van der Waals surface area contributed by atoms with E-state index >= 15 is 0 Å². The third kappa shape index (κ3) is 5.90. The standard InChI is InChI=1S/C41H34O5/c1-26-14-18-29(19-15-26)40(42)44-25-39-38(46-41(43)30-20-16-27(2)17-21-30)24-37(45-39)36-23-22-35(33-11-5-6-12-34(33)36)32-13-7-9-28-8-3-4-10-31(28)32/h3-23,37-39H,24-25H2,1-2H3/t37-,38-,39+/m0/s1. The van der Waals surface area contributed by atoms with E-state index in [0.29, 0.717) is 17.5 Å². The van der Waals surface area contributed by atoms with Crippen molar-refractivity contribution in [3.8, 4) is 11.1 Å². The first-order chi connectivity index (χ1) is 22.4. The van der Waals surface area contributed by atoms with Crippen LogP contribution in [0.1, 0.15) is 49.9 Å². The fraction of sp³-hybridized carbons (Fsp3) is 0.171. The monoisotopic (exact) mass is 606 g/mol. The molecule has 1 saturated heterocycles. The molecule has 1 aliphatic heterocycles. The van der Waals surface area contributed by atoms with Crippen molar-refractivity contribution in [2.45, 2.75) is 38.6 Å². The van der Waals surface area contributed by atoms with Crippen molar-refractivity contribution in [1.29, 1.82) is 0 Å². The molecule has 0 unspecified atom stereocenters. The molecule has 1 aliphatic rings. The van der Waals surface area contributed by atoms with Gasteiger partial charge >= 0.3 is 11.9 Å². The Morgan fingerprint density at radius 3 is 1.93 bits per heavy atom. The van der Waals surface area contributed by atoms with Crippen LogP contribution in [0.4, 0.5) is 0 Å². The Hall–Kier alpha value is -5.26. The molecule has 6 aromatic carbocycles. The van der Waals surface area contributed by atoms with Gasteiger partial charge in [0.15, 0.2) is 0 Å². The Morgan fingerprint density at radius 1 is 0.630 bits per heavy atom. The summed E-state index contributed by atoms with van der Waals surface area (Å²) in [5, 5.41) is 4.56. The molecule has 0 N–H and O–H groups in total. The molecule has 0 bridgehead atoms. The topological polar surface area (TPSA) is 61.8 Å². The van der Waals surface area contributed by atoms with Crippen molar-refractivity contribution < 1.29 is 23.8 Å². The van der Waals surface area contributed by atoms with Crippen molar-refractivity contribution in [3.05, 3.63) is 155 Å². The van der Waals surface area contributed by atoms with E-state index in [9.17, 15) is 9.59 Å². The van der Waals surface area contributed by atoms with Gasteiger partial charge in [-0.3, -0.25) is 0 Å². The number of aryl methyl sites for hydroxylation is 2. The lowest BCUT2D eigenvalue weighted by atomic mass is 9.90. The summed E-state index contributed by atoms with van der Waals surface area (Å²) in [6.45, 7) is 3.90. The smallest absolute Gasteiger partial charge is 0.338 e. The maximum atomic E-state index is 13.2. The van der Waals surface area contributed by atoms with E-state index in [1.165, 1.54) is 16.3 Å². The largest absolute Gasteiger partial charge is 0.459 e. The number of hydrogen-bond donors (Lipinski definition) is 0. The highest BCUT2D eigenvalue weighted by molar-refractivity contribution is 6.06. The van der Waals surface area contributed by atoms with E-state index < -0.39 is 24.1 Å². The van der Waals surface area contributed by atoms with Gasteiger partial charge < -0.3 is 14.2 Å². The summed E-state index contributed by atoms with van der Waals surface area (Å²) < 4.78 is 18.4. The van der Waals surface area contributed by atoms with Gasteiger partial charge in [-0.05, 0) is 76.3 Å². The summed E-state index contributed by atoms with van der Waals surface area (Å²) in [4.78, 5) is 26.1. The first kappa shape index (κ1) is 29.5. The second-order valence-corrected chi connectivity index (χ2v) is 11.9. The molecule has 0 aromatic heterocycles. The van der Waals surface area contributed by atoms with E-state index in [1.807, 2.05) is 44.2 Å². The van der Waals surface area contributed by atoms with Crippen molar-refractivity contribution in [2.75, 3.05) is 6.61 Å². The van der Waals surface area contributed by atoms with Crippen LogP contribution in [-0.4, -0.2) is 30.8 Å². The summed E-state index contributed by atoms with van der Waals surface area (Å²) in [6, 6.07) is 41.9. The molecule has 5 nitrogen and oxygen atoms in total. The van der Waals surface area contributed by atoms with E-state index in [0.717, 1.165) is 33.0 Å². The SMILES string of the molecule is Cc1ccc(C(=O)OC[C@H]2O[C@H](c3ccc(-c4cccc5ccccc45)c4ccccc34)C[C@@H]2OC(=O)c2ccc(C)cc2)cc1. The molecular formula is C41H34O5. The lowest BCUT2D eigenvalue weighted by Crippen LogP contribution is -2.32. The normalized spacial score (nSPS) is 17.7. The van der Waals surface area contributed by atoms with Gasteiger partial charge in [0, 0.05) is 6.42 Å². The summed E-state index contributed by atoms with van der Waals surface area (Å²) in [7, 11) is 0. The molecule has 46 heavy (non-hydrogen) atoms. The maximum Gasteiger partial charge on any atom is 0.338 e. The van der Waals surface area contributed by atoms with Crippen LogP contribution in [0.2, 0.25) is 0 Å². The highest BCUT2D eigenvalue weighted by Gasteiger charge is 2.40. The number of ether oxygens (including phenoxy) is 3. The van der Waals surface area contributed by atoms with Crippen LogP contribution >= 0.6 is 0 Å². The third-order valence-corrected chi connectivity index (χ3v) is 8.80. The minimum atomic E-state index is -0.634. The van der Waals surface area contributed by atoms with Gasteiger partial charge in [-0.2, -0.15) is 0 Å². The molecule has 1 fully saturated rings. The molecule has 0 spiro atoms. The Balaban J connectivity index is 1.20. The molecule has 5 heteroatoms. The number of benzene rings is 6. The van der Waals surface area contributed by atoms with Gasteiger partial charge in [-0.15, -0.1) is 0 Å². The molecule has 0 saturated carbocycles. The predicted octanol–water partition coefficient (Wildman–Crippen LogP) is 9.19. The number of rotatable bonds is 7. The molecule has 6 aromatic rings. The Bertz CT molecular complexity index is 2040. The summed E-state index contributed by atoms with van der Waals surface area (Å²) in [6.07, 6.45) is -1.18. The van der Waals surface area contributed by atoms with Gasteiger partial charge in [-0.25, -0.2) is 9.59 Å². The van der Waals surface area contributed by atoms with Crippen LogP contribution in [0.15, 0.2) is 127 Å². The average Bonchev–Trinajstić information content (AvgIpc) is 3.49. The van der Waals surface area contributed by atoms with Crippen LogP contribution in [-0.2, 0) is 14.2 Å². The van der Waals surface area contributed by atoms with Crippen molar-refractivity contribution in [2.24, 2.45) is 0 Å². The van der Waals surface area contributed by atoms with Crippen LogP contribution in [0.25, 0.3) is 32.7 Å². The maximum absolute atomic E-state index is 13.2. The Kier molecular flexibility index (Phi) is 8.08. The van der Waals surface area contributed by atoms with Crippen LogP contribution in [0.5, 0.6) is 0 Å². The zero-order chi connectivity index (χ0) is 31.6. The first-order valence-electron chi connectivity index (χ1n) is 15.6. The first-order valence-corrected chi connectivity index (χ1v) is 15.6. The van der Waals surface area contributed by atoms with Crippen LogP contribution in [0.3, 0.4) is 0 Å². The fourth-order valence-electron chi connectivity index (χ4n) is 6.31. The molecule has 0 amide bonds. The molecule has 0 radical (unpaired) electrons. The Labute approximate surface area is 268 Å². The average molecular weight is 607 g/mol. The number of fused-ring (bicyclic) bond motifs is 2.